The molecule has 0 aliphatic carbocycles. The van der Waals surface area contributed by atoms with Gasteiger partial charge in [0.25, 0.3) is 0 Å². The Morgan fingerprint density at radius 2 is 1.89 bits per heavy atom. The molecule has 0 bridgehead atoms. The fraction of sp³-hybridized carbons (Fsp3) is 0.462. The van der Waals surface area contributed by atoms with Crippen LogP contribution < -0.4 is 9.47 Å². The van der Waals surface area contributed by atoms with Crippen molar-refractivity contribution in [1.82, 2.24) is 0 Å². The molecule has 0 spiro atoms. The van der Waals surface area contributed by atoms with E-state index in [-0.39, 0.29) is 6.42 Å². The van der Waals surface area contributed by atoms with Gasteiger partial charge in [0.1, 0.15) is 19.0 Å². The third-order valence-corrected chi connectivity index (χ3v) is 2.95. The van der Waals surface area contributed by atoms with Crippen molar-refractivity contribution in [2.24, 2.45) is 0 Å². The number of ether oxygens (including phenoxy) is 2. The highest BCUT2D eigenvalue weighted by Gasteiger charge is 2.29. The van der Waals surface area contributed by atoms with Crippen molar-refractivity contribution >= 4 is 5.97 Å². The molecule has 2 rings (SSSR count). The minimum atomic E-state index is -0.964. The Morgan fingerprint density at radius 1 is 1.33 bits per heavy atom. The first-order valence-electron chi connectivity index (χ1n) is 5.71. The van der Waals surface area contributed by atoms with Crippen molar-refractivity contribution in [3.8, 4) is 11.5 Å². The van der Waals surface area contributed by atoms with E-state index in [9.17, 15) is 9.18 Å². The molecule has 0 saturated heterocycles. The third kappa shape index (κ3) is 2.39. The Morgan fingerprint density at radius 3 is 2.44 bits per heavy atom. The molecule has 0 atom stereocenters. The van der Waals surface area contributed by atoms with E-state index in [1.165, 1.54) is 12.1 Å². The lowest BCUT2D eigenvalue weighted by atomic mass is 9.81. The van der Waals surface area contributed by atoms with E-state index in [4.69, 9.17) is 14.6 Å². The highest BCUT2D eigenvalue weighted by molar-refractivity contribution is 5.69. The maximum absolute atomic E-state index is 14.0. The standard InChI is InChI=1S/C13H15FO4/c1-13(2,7-12(15)16)8-5-10-11(6-9(8)14)18-4-3-17-10/h5-6H,3-4,7H2,1-2H3,(H,15,16). The maximum atomic E-state index is 14.0. The van der Waals surface area contributed by atoms with Crippen molar-refractivity contribution < 1.29 is 23.8 Å². The second kappa shape index (κ2) is 4.48. The summed E-state index contributed by atoms with van der Waals surface area (Å²) >= 11 is 0. The molecule has 0 radical (unpaired) electrons. The van der Waals surface area contributed by atoms with Gasteiger partial charge in [0, 0.05) is 11.5 Å². The van der Waals surface area contributed by atoms with E-state index in [0.29, 0.717) is 30.3 Å². The van der Waals surface area contributed by atoms with Gasteiger partial charge in [0.2, 0.25) is 0 Å². The molecule has 0 saturated carbocycles. The molecule has 0 unspecified atom stereocenters. The van der Waals surface area contributed by atoms with E-state index >= 15 is 0 Å². The molecule has 1 aliphatic heterocycles. The number of fused-ring (bicyclic) bond motifs is 1. The fourth-order valence-electron chi connectivity index (χ4n) is 2.06. The Balaban J connectivity index is 2.41. The van der Waals surface area contributed by atoms with E-state index in [1.54, 1.807) is 13.8 Å². The van der Waals surface area contributed by atoms with Gasteiger partial charge in [-0.2, -0.15) is 0 Å². The SMILES string of the molecule is CC(C)(CC(=O)O)c1cc2c(cc1F)OCCO2. The number of benzene rings is 1. The average Bonchev–Trinajstić information content (AvgIpc) is 2.26. The molecule has 4 nitrogen and oxygen atoms in total. The monoisotopic (exact) mass is 254 g/mol. The van der Waals surface area contributed by atoms with Gasteiger partial charge in [-0.25, -0.2) is 4.39 Å². The molecule has 1 N–H and O–H groups in total. The molecule has 1 aromatic rings. The average molecular weight is 254 g/mol. The highest BCUT2D eigenvalue weighted by Crippen LogP contribution is 2.38. The van der Waals surface area contributed by atoms with Crippen molar-refractivity contribution in [2.75, 3.05) is 13.2 Å². The minimum Gasteiger partial charge on any atom is -0.486 e. The molecule has 0 aromatic heterocycles. The molecule has 0 amide bonds. The summed E-state index contributed by atoms with van der Waals surface area (Å²) in [5.74, 6) is -0.593. The predicted molar refractivity (Wildman–Crippen MR) is 62.7 cm³/mol. The van der Waals surface area contributed by atoms with Crippen molar-refractivity contribution in [1.29, 1.82) is 0 Å². The molecule has 1 heterocycles. The van der Waals surface area contributed by atoms with Crippen LogP contribution in [0.2, 0.25) is 0 Å². The van der Waals surface area contributed by atoms with Crippen molar-refractivity contribution in [2.45, 2.75) is 25.7 Å². The number of hydrogen-bond donors (Lipinski definition) is 1. The third-order valence-electron chi connectivity index (χ3n) is 2.95. The summed E-state index contributed by atoms with van der Waals surface area (Å²) in [5.41, 5.74) is -0.472. The fourth-order valence-corrected chi connectivity index (χ4v) is 2.06. The zero-order valence-electron chi connectivity index (χ0n) is 10.3. The maximum Gasteiger partial charge on any atom is 0.304 e. The van der Waals surface area contributed by atoms with Gasteiger partial charge >= 0.3 is 5.97 Å². The van der Waals surface area contributed by atoms with Gasteiger partial charge in [-0.1, -0.05) is 13.8 Å². The van der Waals surface area contributed by atoms with Crippen LogP contribution in [0.3, 0.4) is 0 Å². The first-order valence-corrected chi connectivity index (χ1v) is 5.71. The largest absolute Gasteiger partial charge is 0.486 e. The first kappa shape index (κ1) is 12.7. The predicted octanol–water partition coefficient (Wildman–Crippen LogP) is 2.35. The Hall–Kier alpha value is -1.78. The van der Waals surface area contributed by atoms with Gasteiger partial charge in [0.05, 0.1) is 6.42 Å². The van der Waals surface area contributed by atoms with Gasteiger partial charge in [0.15, 0.2) is 11.5 Å². The van der Waals surface area contributed by atoms with Crippen LogP contribution in [0.25, 0.3) is 0 Å². The molecule has 0 fully saturated rings. The van der Waals surface area contributed by atoms with Gasteiger partial charge in [-0.05, 0) is 11.6 Å². The molecular weight excluding hydrogens is 239 g/mol. The van der Waals surface area contributed by atoms with Crippen LogP contribution in [0.4, 0.5) is 4.39 Å². The van der Waals surface area contributed by atoms with Crippen molar-refractivity contribution in [3.63, 3.8) is 0 Å². The van der Waals surface area contributed by atoms with E-state index < -0.39 is 17.2 Å². The number of carboxylic acid groups (broad SMARTS) is 1. The zero-order valence-corrected chi connectivity index (χ0v) is 10.3. The van der Waals surface area contributed by atoms with Crippen LogP contribution in [-0.4, -0.2) is 24.3 Å². The zero-order chi connectivity index (χ0) is 13.3. The first-order chi connectivity index (χ1) is 8.40. The van der Waals surface area contributed by atoms with Crippen LogP contribution in [0.15, 0.2) is 12.1 Å². The Labute approximate surface area is 104 Å². The van der Waals surface area contributed by atoms with E-state index in [1.807, 2.05) is 0 Å². The van der Waals surface area contributed by atoms with Gasteiger partial charge in [-0.15, -0.1) is 0 Å². The van der Waals surface area contributed by atoms with E-state index in [0.717, 1.165) is 0 Å². The summed E-state index contributed by atoms with van der Waals surface area (Å²) in [5, 5.41) is 8.86. The van der Waals surface area contributed by atoms with Crippen LogP contribution in [-0.2, 0) is 10.2 Å². The summed E-state index contributed by atoms with van der Waals surface area (Å²) in [6.45, 7) is 4.19. The number of hydrogen-bond acceptors (Lipinski definition) is 3. The number of aliphatic carboxylic acids is 1. The number of carbonyl (C=O) groups is 1. The highest BCUT2D eigenvalue weighted by atomic mass is 19.1. The lowest BCUT2D eigenvalue weighted by molar-refractivity contribution is -0.138. The quantitative estimate of drug-likeness (QED) is 0.899. The summed E-state index contributed by atoms with van der Waals surface area (Å²) < 4.78 is 24.6. The molecule has 98 valence electrons. The summed E-state index contributed by atoms with van der Waals surface area (Å²) in [4.78, 5) is 10.8. The lowest BCUT2D eigenvalue weighted by Crippen LogP contribution is -2.24. The van der Waals surface area contributed by atoms with Crippen LogP contribution in [0.5, 0.6) is 11.5 Å². The lowest BCUT2D eigenvalue weighted by Gasteiger charge is -2.26. The molecular formula is C13H15FO4. The molecule has 1 aromatic carbocycles. The molecule has 1 aliphatic rings. The van der Waals surface area contributed by atoms with E-state index in [2.05, 4.69) is 0 Å². The molecule has 18 heavy (non-hydrogen) atoms. The van der Waals surface area contributed by atoms with Crippen LogP contribution in [0.1, 0.15) is 25.8 Å². The van der Waals surface area contributed by atoms with Gasteiger partial charge < -0.3 is 14.6 Å². The summed E-state index contributed by atoms with van der Waals surface area (Å²) in [6.07, 6.45) is -0.149. The smallest absolute Gasteiger partial charge is 0.304 e. The second-order valence-electron chi connectivity index (χ2n) is 4.93. The summed E-state index contributed by atoms with van der Waals surface area (Å²) in [7, 11) is 0. The van der Waals surface area contributed by atoms with Gasteiger partial charge in [-0.3, -0.25) is 4.79 Å². The molecule has 5 heteroatoms. The van der Waals surface area contributed by atoms with Crippen LogP contribution in [0, 0.1) is 5.82 Å². The normalized spacial score (nSPS) is 14.4. The number of carboxylic acids is 1. The Kier molecular flexibility index (Phi) is 3.15. The minimum absolute atomic E-state index is 0.149. The second-order valence-corrected chi connectivity index (χ2v) is 4.93. The number of halogens is 1. The van der Waals surface area contributed by atoms with Crippen LogP contribution >= 0.6 is 0 Å². The Bertz CT molecular complexity index is 482. The topological polar surface area (TPSA) is 55.8 Å². The summed E-state index contributed by atoms with van der Waals surface area (Å²) in [6, 6.07) is 2.79. The van der Waals surface area contributed by atoms with Crippen molar-refractivity contribution in [3.05, 3.63) is 23.5 Å². The number of rotatable bonds is 3.